The van der Waals surface area contributed by atoms with E-state index in [2.05, 4.69) is 15.9 Å². The van der Waals surface area contributed by atoms with Crippen molar-refractivity contribution < 1.29 is 18.3 Å². The molecule has 1 aromatic carbocycles. The van der Waals surface area contributed by atoms with Crippen LogP contribution in [0.15, 0.2) is 16.6 Å². The van der Waals surface area contributed by atoms with Gasteiger partial charge in [-0.05, 0) is 19.1 Å². The predicted molar refractivity (Wildman–Crippen MR) is 60.6 cm³/mol. The van der Waals surface area contributed by atoms with Crippen molar-refractivity contribution in [2.75, 3.05) is 13.7 Å². The molecule has 0 heterocycles. The third-order valence-electron chi connectivity index (χ3n) is 2.02. The van der Waals surface area contributed by atoms with Crippen molar-refractivity contribution in [2.24, 2.45) is 0 Å². The van der Waals surface area contributed by atoms with Gasteiger partial charge in [0.2, 0.25) is 5.82 Å². The average molecular weight is 295 g/mol. The Morgan fingerprint density at radius 1 is 1.38 bits per heavy atom. The van der Waals surface area contributed by atoms with Crippen LogP contribution in [0.5, 0.6) is 5.75 Å². The Hall–Kier alpha value is -0.680. The number of halogens is 3. The molecular weight excluding hydrogens is 282 g/mol. The first-order valence-electron chi connectivity index (χ1n) is 4.84. The zero-order chi connectivity index (χ0) is 12.1. The fourth-order valence-corrected chi connectivity index (χ4v) is 1.59. The number of rotatable bonds is 5. The topological polar surface area (TPSA) is 18.5 Å². The van der Waals surface area contributed by atoms with Crippen LogP contribution in [-0.4, -0.2) is 19.8 Å². The minimum atomic E-state index is -0.965. The maximum Gasteiger partial charge on any atom is 0.200 e. The minimum absolute atomic E-state index is 0.0875. The molecule has 0 spiro atoms. The third kappa shape index (κ3) is 3.72. The summed E-state index contributed by atoms with van der Waals surface area (Å²) in [5.74, 6) is -1.98. The van der Waals surface area contributed by atoms with Crippen molar-refractivity contribution in [2.45, 2.75) is 19.4 Å². The molecule has 0 N–H and O–H groups in total. The lowest BCUT2D eigenvalue weighted by atomic mass is 10.3. The zero-order valence-corrected chi connectivity index (χ0v) is 10.7. The van der Waals surface area contributed by atoms with Crippen LogP contribution in [0, 0.1) is 11.6 Å². The van der Waals surface area contributed by atoms with Gasteiger partial charge in [0, 0.05) is 24.6 Å². The number of hydrogen-bond acceptors (Lipinski definition) is 2. The Morgan fingerprint density at radius 3 is 2.69 bits per heavy atom. The van der Waals surface area contributed by atoms with E-state index in [0.29, 0.717) is 17.5 Å². The molecule has 0 aliphatic carbocycles. The number of ether oxygens (including phenoxy) is 2. The standard InChI is InChI=1S/C11H13BrF2O2/c1-7(3-4-15-2)16-10-6-8(12)5-9(13)11(10)14/h5-7H,3-4H2,1-2H3. The molecule has 0 amide bonds. The Labute approximate surface area is 102 Å². The minimum Gasteiger partial charge on any atom is -0.487 e. The van der Waals surface area contributed by atoms with E-state index in [-0.39, 0.29) is 11.9 Å². The molecule has 0 bridgehead atoms. The molecule has 16 heavy (non-hydrogen) atoms. The molecule has 1 atom stereocenters. The lowest BCUT2D eigenvalue weighted by molar-refractivity contribution is 0.131. The van der Waals surface area contributed by atoms with Gasteiger partial charge < -0.3 is 9.47 Å². The normalized spacial score (nSPS) is 12.6. The lowest BCUT2D eigenvalue weighted by Gasteiger charge is -2.15. The number of hydrogen-bond donors (Lipinski definition) is 0. The summed E-state index contributed by atoms with van der Waals surface area (Å²) in [6.45, 7) is 2.29. The summed E-state index contributed by atoms with van der Waals surface area (Å²) in [6.07, 6.45) is 0.382. The number of benzene rings is 1. The second kappa shape index (κ2) is 6.15. The van der Waals surface area contributed by atoms with Gasteiger partial charge in [0.25, 0.3) is 0 Å². The molecule has 1 rings (SSSR count). The summed E-state index contributed by atoms with van der Waals surface area (Å²) < 4.78 is 36.9. The van der Waals surface area contributed by atoms with Crippen molar-refractivity contribution in [3.63, 3.8) is 0 Å². The van der Waals surface area contributed by atoms with Gasteiger partial charge in [0.1, 0.15) is 0 Å². The Kier molecular flexibility index (Phi) is 5.15. The Balaban J connectivity index is 2.72. The molecule has 0 saturated heterocycles. The molecule has 0 fully saturated rings. The molecule has 5 heteroatoms. The highest BCUT2D eigenvalue weighted by Crippen LogP contribution is 2.26. The predicted octanol–water partition coefficient (Wildman–Crippen LogP) is 3.53. The fraction of sp³-hybridized carbons (Fsp3) is 0.455. The van der Waals surface area contributed by atoms with Crippen LogP contribution in [0.4, 0.5) is 8.78 Å². The van der Waals surface area contributed by atoms with Crippen molar-refractivity contribution in [1.29, 1.82) is 0 Å². The molecule has 0 aliphatic heterocycles. The van der Waals surface area contributed by atoms with Crippen LogP contribution < -0.4 is 4.74 Å². The summed E-state index contributed by atoms with van der Waals surface area (Å²) in [4.78, 5) is 0. The van der Waals surface area contributed by atoms with E-state index < -0.39 is 11.6 Å². The van der Waals surface area contributed by atoms with Crippen molar-refractivity contribution in [3.8, 4) is 5.75 Å². The molecular formula is C11H13BrF2O2. The van der Waals surface area contributed by atoms with Crippen LogP contribution in [-0.2, 0) is 4.74 Å². The largest absolute Gasteiger partial charge is 0.487 e. The zero-order valence-electron chi connectivity index (χ0n) is 9.10. The maximum absolute atomic E-state index is 13.3. The van der Waals surface area contributed by atoms with Gasteiger partial charge >= 0.3 is 0 Å². The SMILES string of the molecule is COCCC(C)Oc1cc(Br)cc(F)c1F. The van der Waals surface area contributed by atoms with Gasteiger partial charge in [0.15, 0.2) is 11.6 Å². The van der Waals surface area contributed by atoms with Gasteiger partial charge in [0.05, 0.1) is 6.10 Å². The van der Waals surface area contributed by atoms with Crippen LogP contribution in [0.1, 0.15) is 13.3 Å². The third-order valence-corrected chi connectivity index (χ3v) is 2.47. The first-order chi connectivity index (χ1) is 7.54. The smallest absolute Gasteiger partial charge is 0.200 e. The van der Waals surface area contributed by atoms with Crippen LogP contribution in [0.3, 0.4) is 0 Å². The van der Waals surface area contributed by atoms with Gasteiger partial charge in [-0.1, -0.05) is 15.9 Å². The van der Waals surface area contributed by atoms with E-state index in [1.165, 1.54) is 6.07 Å². The molecule has 1 aromatic rings. The highest BCUT2D eigenvalue weighted by atomic mass is 79.9. The Bertz CT molecular complexity index is 358. The molecule has 2 nitrogen and oxygen atoms in total. The van der Waals surface area contributed by atoms with Gasteiger partial charge in [-0.2, -0.15) is 4.39 Å². The van der Waals surface area contributed by atoms with Crippen LogP contribution >= 0.6 is 15.9 Å². The van der Waals surface area contributed by atoms with Gasteiger partial charge in [-0.3, -0.25) is 0 Å². The molecule has 0 radical (unpaired) electrons. The highest BCUT2D eigenvalue weighted by molar-refractivity contribution is 9.10. The summed E-state index contributed by atoms with van der Waals surface area (Å²) in [6, 6.07) is 2.46. The van der Waals surface area contributed by atoms with Gasteiger partial charge in [-0.15, -0.1) is 0 Å². The molecule has 0 saturated carbocycles. The van der Waals surface area contributed by atoms with Crippen LogP contribution in [0.2, 0.25) is 0 Å². The Morgan fingerprint density at radius 2 is 2.06 bits per heavy atom. The summed E-state index contributed by atoms with van der Waals surface area (Å²) >= 11 is 3.08. The van der Waals surface area contributed by atoms with Crippen molar-refractivity contribution in [1.82, 2.24) is 0 Å². The van der Waals surface area contributed by atoms with Gasteiger partial charge in [-0.25, -0.2) is 4.39 Å². The van der Waals surface area contributed by atoms with E-state index in [4.69, 9.17) is 9.47 Å². The lowest BCUT2D eigenvalue weighted by Crippen LogP contribution is -2.15. The molecule has 0 aromatic heterocycles. The summed E-state index contributed by atoms with van der Waals surface area (Å²) in [7, 11) is 1.58. The summed E-state index contributed by atoms with van der Waals surface area (Å²) in [5, 5.41) is 0. The molecule has 90 valence electrons. The highest BCUT2D eigenvalue weighted by Gasteiger charge is 2.13. The second-order valence-corrected chi connectivity index (χ2v) is 4.33. The average Bonchev–Trinajstić information content (AvgIpc) is 2.22. The summed E-state index contributed by atoms with van der Waals surface area (Å²) in [5.41, 5.74) is 0. The fourth-order valence-electron chi connectivity index (χ4n) is 1.18. The number of methoxy groups -OCH3 is 1. The maximum atomic E-state index is 13.3. The first kappa shape index (κ1) is 13.4. The van der Waals surface area contributed by atoms with E-state index in [1.807, 2.05) is 0 Å². The van der Waals surface area contributed by atoms with Crippen molar-refractivity contribution in [3.05, 3.63) is 28.2 Å². The quantitative estimate of drug-likeness (QED) is 0.774. The molecule has 1 unspecified atom stereocenters. The molecule has 0 aliphatic rings. The monoisotopic (exact) mass is 294 g/mol. The van der Waals surface area contributed by atoms with E-state index >= 15 is 0 Å². The van der Waals surface area contributed by atoms with E-state index in [1.54, 1.807) is 14.0 Å². The van der Waals surface area contributed by atoms with E-state index in [9.17, 15) is 8.78 Å². The first-order valence-corrected chi connectivity index (χ1v) is 5.64. The van der Waals surface area contributed by atoms with Crippen molar-refractivity contribution >= 4 is 15.9 Å². The van der Waals surface area contributed by atoms with Crippen LogP contribution in [0.25, 0.3) is 0 Å². The van der Waals surface area contributed by atoms with E-state index in [0.717, 1.165) is 6.07 Å². The second-order valence-electron chi connectivity index (χ2n) is 3.41.